The highest BCUT2D eigenvalue weighted by molar-refractivity contribution is 5.94. The van der Waals surface area contributed by atoms with Gasteiger partial charge in [0.25, 0.3) is 0 Å². The normalized spacial score (nSPS) is 12.2. The van der Waals surface area contributed by atoms with Crippen LogP contribution in [0.25, 0.3) is 0 Å². The van der Waals surface area contributed by atoms with Crippen LogP contribution in [0.4, 0.5) is 5.82 Å². The largest absolute Gasteiger partial charge is 0.481 e. The average molecular weight is 292 g/mol. The van der Waals surface area contributed by atoms with E-state index >= 15 is 0 Å². The summed E-state index contributed by atoms with van der Waals surface area (Å²) >= 11 is 0. The smallest absolute Gasteiger partial charge is 0.308 e. The molecule has 5 nitrogen and oxygen atoms in total. The molecule has 1 N–H and O–H groups in total. The monoisotopic (exact) mass is 292 g/mol. The van der Waals surface area contributed by atoms with Crippen LogP contribution >= 0.6 is 0 Å². The Morgan fingerprint density at radius 3 is 2.43 bits per heavy atom. The second-order valence-corrected chi connectivity index (χ2v) is 5.39. The van der Waals surface area contributed by atoms with Crippen LogP contribution in [-0.2, 0) is 9.59 Å². The molecule has 0 saturated carbocycles. The summed E-state index contributed by atoms with van der Waals surface area (Å²) in [5.41, 5.74) is 0.991. The van der Waals surface area contributed by atoms with Crippen molar-refractivity contribution in [2.24, 2.45) is 11.8 Å². The summed E-state index contributed by atoms with van der Waals surface area (Å²) in [4.78, 5) is 29.5. The van der Waals surface area contributed by atoms with Gasteiger partial charge in [0.05, 0.1) is 5.92 Å². The van der Waals surface area contributed by atoms with Crippen molar-refractivity contribution in [2.75, 3.05) is 11.4 Å². The SMILES string of the molecule is CCC(CC)C(=O)N(CC(C)C(=O)O)c1cc(C)ccn1. The summed E-state index contributed by atoms with van der Waals surface area (Å²) in [6.07, 6.45) is 3.11. The lowest BCUT2D eigenvalue weighted by atomic mass is 10.0. The molecule has 0 spiro atoms. The fraction of sp³-hybridized carbons (Fsp3) is 0.562. The third kappa shape index (κ3) is 4.55. The van der Waals surface area contributed by atoms with E-state index in [9.17, 15) is 9.59 Å². The number of anilines is 1. The lowest BCUT2D eigenvalue weighted by Crippen LogP contribution is -2.41. The first-order valence-electron chi connectivity index (χ1n) is 7.37. The minimum absolute atomic E-state index is 0.0498. The number of aromatic nitrogens is 1. The minimum atomic E-state index is -0.912. The highest BCUT2D eigenvalue weighted by atomic mass is 16.4. The van der Waals surface area contributed by atoms with Crippen molar-refractivity contribution in [3.05, 3.63) is 23.9 Å². The third-order valence-corrected chi connectivity index (χ3v) is 3.66. The van der Waals surface area contributed by atoms with Gasteiger partial charge in [-0.05, 0) is 37.5 Å². The van der Waals surface area contributed by atoms with E-state index in [4.69, 9.17) is 5.11 Å². The quantitative estimate of drug-likeness (QED) is 0.839. The summed E-state index contributed by atoms with van der Waals surface area (Å²) < 4.78 is 0. The van der Waals surface area contributed by atoms with Crippen LogP contribution in [0.5, 0.6) is 0 Å². The Hall–Kier alpha value is -1.91. The molecule has 1 rings (SSSR count). The highest BCUT2D eigenvalue weighted by Crippen LogP contribution is 2.20. The topological polar surface area (TPSA) is 70.5 Å². The number of rotatable bonds is 7. The molecule has 0 aliphatic heterocycles. The number of nitrogens with zero attached hydrogens (tertiary/aromatic N) is 2. The zero-order chi connectivity index (χ0) is 16.0. The van der Waals surface area contributed by atoms with Gasteiger partial charge in [0.15, 0.2) is 0 Å². The molecule has 21 heavy (non-hydrogen) atoms. The third-order valence-electron chi connectivity index (χ3n) is 3.66. The molecule has 0 saturated heterocycles. The fourth-order valence-electron chi connectivity index (χ4n) is 2.17. The number of pyridine rings is 1. The Morgan fingerprint density at radius 2 is 1.95 bits per heavy atom. The van der Waals surface area contributed by atoms with Gasteiger partial charge >= 0.3 is 5.97 Å². The maximum absolute atomic E-state index is 12.7. The molecule has 116 valence electrons. The molecule has 0 aromatic carbocycles. The van der Waals surface area contributed by atoms with Crippen molar-refractivity contribution in [3.8, 4) is 0 Å². The molecule has 0 radical (unpaired) electrons. The van der Waals surface area contributed by atoms with E-state index in [1.807, 2.05) is 32.9 Å². The standard InChI is InChI=1S/C16H24N2O3/c1-5-13(6-2)15(19)18(10-12(4)16(20)21)14-9-11(3)7-8-17-14/h7-9,12-13H,5-6,10H2,1-4H3,(H,20,21). The fourth-order valence-corrected chi connectivity index (χ4v) is 2.17. The number of aliphatic carboxylic acids is 1. The first-order valence-corrected chi connectivity index (χ1v) is 7.37. The number of carboxylic acid groups (broad SMARTS) is 1. The predicted octanol–water partition coefficient (Wildman–Crippen LogP) is 2.88. The lowest BCUT2D eigenvalue weighted by Gasteiger charge is -2.27. The number of amides is 1. The summed E-state index contributed by atoms with van der Waals surface area (Å²) in [6, 6.07) is 3.67. The second kappa shape index (κ2) is 7.76. The van der Waals surface area contributed by atoms with Crippen molar-refractivity contribution in [2.45, 2.75) is 40.5 Å². The Morgan fingerprint density at radius 1 is 1.33 bits per heavy atom. The molecule has 0 aliphatic carbocycles. The first kappa shape index (κ1) is 17.1. The van der Waals surface area contributed by atoms with Gasteiger partial charge in [0.2, 0.25) is 5.91 Å². The Balaban J connectivity index is 3.10. The first-order chi connectivity index (χ1) is 9.90. The Bertz CT molecular complexity index is 498. The zero-order valence-corrected chi connectivity index (χ0v) is 13.2. The van der Waals surface area contributed by atoms with Crippen molar-refractivity contribution >= 4 is 17.7 Å². The molecule has 0 bridgehead atoms. The van der Waals surface area contributed by atoms with Gasteiger partial charge in [0.1, 0.15) is 5.82 Å². The molecule has 1 aromatic heterocycles. The van der Waals surface area contributed by atoms with E-state index < -0.39 is 11.9 Å². The van der Waals surface area contributed by atoms with Gasteiger partial charge in [-0.3, -0.25) is 14.5 Å². The molecule has 0 fully saturated rings. The lowest BCUT2D eigenvalue weighted by molar-refractivity contribution is -0.140. The number of hydrogen-bond acceptors (Lipinski definition) is 3. The van der Waals surface area contributed by atoms with Crippen LogP contribution in [0.3, 0.4) is 0 Å². The van der Waals surface area contributed by atoms with Crippen molar-refractivity contribution in [1.29, 1.82) is 0 Å². The van der Waals surface area contributed by atoms with E-state index in [0.29, 0.717) is 5.82 Å². The number of carbonyl (C=O) groups excluding carboxylic acids is 1. The summed E-state index contributed by atoms with van der Waals surface area (Å²) in [7, 11) is 0. The van der Waals surface area contributed by atoms with Gasteiger partial charge in [-0.1, -0.05) is 20.8 Å². The predicted molar refractivity (Wildman–Crippen MR) is 82.2 cm³/mol. The second-order valence-electron chi connectivity index (χ2n) is 5.39. The maximum atomic E-state index is 12.7. The van der Waals surface area contributed by atoms with Crippen molar-refractivity contribution < 1.29 is 14.7 Å². The van der Waals surface area contributed by atoms with Crippen LogP contribution in [-0.4, -0.2) is 28.5 Å². The van der Waals surface area contributed by atoms with Crippen LogP contribution in [0.1, 0.15) is 39.2 Å². The maximum Gasteiger partial charge on any atom is 0.308 e. The molecule has 1 atom stereocenters. The highest BCUT2D eigenvalue weighted by Gasteiger charge is 2.27. The molecule has 1 aromatic rings. The minimum Gasteiger partial charge on any atom is -0.481 e. The number of carbonyl (C=O) groups is 2. The van der Waals surface area contributed by atoms with Crippen LogP contribution in [0.2, 0.25) is 0 Å². The van der Waals surface area contributed by atoms with Gasteiger partial charge in [-0.25, -0.2) is 4.98 Å². The summed E-state index contributed by atoms with van der Waals surface area (Å²) in [5, 5.41) is 9.11. The van der Waals surface area contributed by atoms with Crippen molar-refractivity contribution in [1.82, 2.24) is 4.98 Å². The molecular weight excluding hydrogens is 268 g/mol. The van der Waals surface area contributed by atoms with Crippen LogP contribution in [0.15, 0.2) is 18.3 Å². The van der Waals surface area contributed by atoms with E-state index in [-0.39, 0.29) is 18.4 Å². The molecule has 1 amide bonds. The van der Waals surface area contributed by atoms with Gasteiger partial charge in [0, 0.05) is 18.7 Å². The van der Waals surface area contributed by atoms with Crippen molar-refractivity contribution in [3.63, 3.8) is 0 Å². The average Bonchev–Trinajstić information content (AvgIpc) is 2.45. The molecule has 1 unspecified atom stereocenters. The number of hydrogen-bond donors (Lipinski definition) is 1. The van der Waals surface area contributed by atoms with Gasteiger partial charge in [-0.15, -0.1) is 0 Å². The zero-order valence-electron chi connectivity index (χ0n) is 13.2. The molecule has 5 heteroatoms. The molecule has 0 aliphatic rings. The summed E-state index contributed by atoms with van der Waals surface area (Å²) in [6.45, 7) is 7.60. The van der Waals surface area contributed by atoms with Gasteiger partial charge in [-0.2, -0.15) is 0 Å². The Kier molecular flexibility index (Phi) is 6.34. The van der Waals surface area contributed by atoms with E-state index in [1.54, 1.807) is 13.1 Å². The Labute approximate surface area is 126 Å². The number of carboxylic acids is 1. The van der Waals surface area contributed by atoms with Gasteiger partial charge < -0.3 is 5.11 Å². The van der Waals surface area contributed by atoms with Crippen LogP contribution < -0.4 is 4.90 Å². The van der Waals surface area contributed by atoms with E-state index in [0.717, 1.165) is 18.4 Å². The van der Waals surface area contributed by atoms with E-state index in [1.165, 1.54) is 4.90 Å². The number of aryl methyl sites for hydroxylation is 1. The van der Waals surface area contributed by atoms with E-state index in [2.05, 4.69) is 4.98 Å². The van der Waals surface area contributed by atoms with Crippen LogP contribution in [0, 0.1) is 18.8 Å². The molecular formula is C16H24N2O3. The molecule has 1 heterocycles. The summed E-state index contributed by atoms with van der Waals surface area (Å²) in [5.74, 6) is -1.17.